The van der Waals surface area contributed by atoms with Crippen LogP contribution in [0.4, 0.5) is 0 Å². The number of piperidine rings is 1. The predicted molar refractivity (Wildman–Crippen MR) is 75.3 cm³/mol. The summed E-state index contributed by atoms with van der Waals surface area (Å²) in [4.78, 5) is 2.43. The highest BCUT2D eigenvalue weighted by molar-refractivity contribution is 4.93. The summed E-state index contributed by atoms with van der Waals surface area (Å²) in [6.45, 7) is 9.80. The van der Waals surface area contributed by atoms with Gasteiger partial charge in [-0.3, -0.25) is 0 Å². The molecule has 0 radical (unpaired) electrons. The summed E-state index contributed by atoms with van der Waals surface area (Å²) in [5.74, 6) is 1.06. The molecule has 1 saturated carbocycles. The number of nitrogens with two attached hydrogens (primary N) is 1. The van der Waals surface area contributed by atoms with Crippen LogP contribution < -0.4 is 5.73 Å². The molecule has 3 heteroatoms. The summed E-state index contributed by atoms with van der Waals surface area (Å²) in [5.41, 5.74) is 6.73. The van der Waals surface area contributed by atoms with E-state index in [0.29, 0.717) is 17.9 Å². The van der Waals surface area contributed by atoms with Gasteiger partial charge in [0.05, 0.1) is 6.10 Å². The average Bonchev–Trinajstić information content (AvgIpc) is 2.30. The van der Waals surface area contributed by atoms with Gasteiger partial charge in [0.1, 0.15) is 0 Å². The smallest absolute Gasteiger partial charge is 0.0693 e. The van der Waals surface area contributed by atoms with Crippen molar-refractivity contribution in [1.29, 1.82) is 0 Å². The van der Waals surface area contributed by atoms with Gasteiger partial charge in [-0.05, 0) is 43.1 Å². The molecular weight excluding hydrogens is 224 g/mol. The quantitative estimate of drug-likeness (QED) is 0.790. The van der Waals surface area contributed by atoms with Gasteiger partial charge in [0, 0.05) is 19.1 Å². The largest absolute Gasteiger partial charge is 0.392 e. The van der Waals surface area contributed by atoms with Crippen LogP contribution in [-0.2, 0) is 0 Å². The second-order valence-electron chi connectivity index (χ2n) is 7.26. The molecule has 1 heterocycles. The summed E-state index contributed by atoms with van der Waals surface area (Å²) in [6, 6.07) is 0.308. The van der Waals surface area contributed by atoms with Crippen LogP contribution >= 0.6 is 0 Å². The second kappa shape index (κ2) is 5.48. The van der Waals surface area contributed by atoms with Crippen molar-refractivity contribution in [2.24, 2.45) is 23.0 Å². The zero-order valence-corrected chi connectivity index (χ0v) is 12.2. The first-order valence-electron chi connectivity index (χ1n) is 7.56. The third-order valence-corrected chi connectivity index (χ3v) is 5.30. The zero-order valence-electron chi connectivity index (χ0n) is 12.2. The maximum Gasteiger partial charge on any atom is 0.0693 e. The van der Waals surface area contributed by atoms with Gasteiger partial charge in [-0.25, -0.2) is 0 Å². The molecule has 1 aliphatic carbocycles. The normalized spacial score (nSPS) is 41.8. The second-order valence-corrected chi connectivity index (χ2v) is 7.26. The highest BCUT2D eigenvalue weighted by atomic mass is 16.3. The van der Waals surface area contributed by atoms with Gasteiger partial charge in [-0.1, -0.05) is 27.2 Å². The number of likely N-dealkylation sites (tertiary alicyclic amines) is 1. The van der Waals surface area contributed by atoms with Crippen LogP contribution in [0, 0.1) is 17.3 Å². The predicted octanol–water partition coefficient (Wildman–Crippen LogP) is 1.84. The van der Waals surface area contributed by atoms with E-state index in [1.165, 1.54) is 19.3 Å². The Labute approximate surface area is 112 Å². The van der Waals surface area contributed by atoms with Gasteiger partial charge in [0.15, 0.2) is 0 Å². The molecule has 0 aromatic carbocycles. The van der Waals surface area contributed by atoms with Gasteiger partial charge >= 0.3 is 0 Å². The Morgan fingerprint density at radius 1 is 1.33 bits per heavy atom. The zero-order chi connectivity index (χ0) is 13.3. The summed E-state index contributed by atoms with van der Waals surface area (Å²) in [6.07, 6.45) is 4.79. The summed E-state index contributed by atoms with van der Waals surface area (Å²) >= 11 is 0. The fourth-order valence-electron chi connectivity index (χ4n) is 3.62. The van der Waals surface area contributed by atoms with E-state index in [9.17, 15) is 5.11 Å². The van der Waals surface area contributed by atoms with E-state index in [1.54, 1.807) is 0 Å². The maximum atomic E-state index is 9.97. The Balaban J connectivity index is 1.89. The molecule has 0 spiro atoms. The molecule has 106 valence electrons. The lowest BCUT2D eigenvalue weighted by atomic mass is 9.68. The standard InChI is InChI=1S/C15H30N2O/c1-11-6-8-17(10-13(11)18)9-12-5-4-7-15(2,3)14(12)16/h11-14,18H,4-10,16H2,1-3H3. The molecule has 3 N–H and O–H groups in total. The lowest BCUT2D eigenvalue weighted by Crippen LogP contribution is -2.52. The van der Waals surface area contributed by atoms with Crippen LogP contribution in [0.3, 0.4) is 0 Å². The maximum absolute atomic E-state index is 9.97. The van der Waals surface area contributed by atoms with Gasteiger partial charge in [-0.2, -0.15) is 0 Å². The minimum absolute atomic E-state index is 0.147. The van der Waals surface area contributed by atoms with Crippen molar-refractivity contribution in [3.8, 4) is 0 Å². The van der Waals surface area contributed by atoms with Gasteiger partial charge in [-0.15, -0.1) is 0 Å². The number of hydrogen-bond donors (Lipinski definition) is 2. The Morgan fingerprint density at radius 2 is 2.06 bits per heavy atom. The van der Waals surface area contributed by atoms with Crippen LogP contribution in [0.1, 0.15) is 46.5 Å². The van der Waals surface area contributed by atoms with Crippen LogP contribution in [0.5, 0.6) is 0 Å². The molecule has 0 aromatic heterocycles. The van der Waals surface area contributed by atoms with Crippen molar-refractivity contribution in [2.75, 3.05) is 19.6 Å². The van der Waals surface area contributed by atoms with Gasteiger partial charge < -0.3 is 15.7 Å². The van der Waals surface area contributed by atoms with E-state index in [1.807, 2.05) is 0 Å². The van der Waals surface area contributed by atoms with Crippen molar-refractivity contribution in [3.63, 3.8) is 0 Å². The van der Waals surface area contributed by atoms with E-state index in [4.69, 9.17) is 5.73 Å². The minimum atomic E-state index is -0.147. The van der Waals surface area contributed by atoms with Crippen molar-refractivity contribution >= 4 is 0 Å². The molecule has 0 bridgehead atoms. The Kier molecular flexibility index (Phi) is 4.35. The van der Waals surface area contributed by atoms with Crippen molar-refractivity contribution in [1.82, 2.24) is 4.90 Å². The molecule has 2 rings (SSSR count). The summed E-state index contributed by atoms with van der Waals surface area (Å²) in [5, 5.41) is 9.97. The number of β-amino-alcohol motifs (C(OH)–C–C–N with tert-alkyl or cyclic N) is 1. The van der Waals surface area contributed by atoms with Crippen LogP contribution in [0.25, 0.3) is 0 Å². The molecule has 2 aliphatic rings. The SMILES string of the molecule is CC1CCN(CC2CCCC(C)(C)C2N)CC1O. The number of nitrogens with zero attached hydrogens (tertiary/aromatic N) is 1. The molecule has 4 atom stereocenters. The highest BCUT2D eigenvalue weighted by Gasteiger charge is 2.37. The van der Waals surface area contributed by atoms with E-state index in [-0.39, 0.29) is 11.5 Å². The fraction of sp³-hybridized carbons (Fsp3) is 1.00. The monoisotopic (exact) mass is 254 g/mol. The Bertz CT molecular complexity index is 280. The van der Waals surface area contributed by atoms with Crippen LogP contribution in [0.2, 0.25) is 0 Å². The minimum Gasteiger partial charge on any atom is -0.392 e. The van der Waals surface area contributed by atoms with E-state index in [0.717, 1.165) is 26.1 Å². The average molecular weight is 254 g/mol. The Hall–Kier alpha value is -0.120. The topological polar surface area (TPSA) is 49.5 Å². The van der Waals surface area contributed by atoms with E-state index in [2.05, 4.69) is 25.7 Å². The lowest BCUT2D eigenvalue weighted by molar-refractivity contribution is 0.0111. The number of aliphatic hydroxyl groups is 1. The van der Waals surface area contributed by atoms with Gasteiger partial charge in [0.2, 0.25) is 0 Å². The van der Waals surface area contributed by atoms with Crippen molar-refractivity contribution in [2.45, 2.75) is 58.6 Å². The van der Waals surface area contributed by atoms with Crippen LogP contribution in [0.15, 0.2) is 0 Å². The lowest BCUT2D eigenvalue weighted by Gasteiger charge is -2.45. The van der Waals surface area contributed by atoms with E-state index >= 15 is 0 Å². The first kappa shape index (κ1) is 14.3. The summed E-state index contributed by atoms with van der Waals surface area (Å²) in [7, 11) is 0. The highest BCUT2D eigenvalue weighted by Crippen LogP contribution is 2.38. The molecule has 0 amide bonds. The molecule has 4 unspecified atom stereocenters. The third-order valence-electron chi connectivity index (χ3n) is 5.30. The first-order valence-corrected chi connectivity index (χ1v) is 7.56. The number of rotatable bonds is 2. The molecule has 3 nitrogen and oxygen atoms in total. The van der Waals surface area contributed by atoms with Crippen molar-refractivity contribution < 1.29 is 5.11 Å². The third kappa shape index (κ3) is 3.06. The molecule has 0 aromatic rings. The fourth-order valence-corrected chi connectivity index (χ4v) is 3.62. The number of hydrogen-bond acceptors (Lipinski definition) is 3. The first-order chi connectivity index (χ1) is 8.40. The van der Waals surface area contributed by atoms with E-state index < -0.39 is 0 Å². The molecular formula is C15H30N2O. The van der Waals surface area contributed by atoms with Crippen LogP contribution in [-0.4, -0.2) is 41.8 Å². The Morgan fingerprint density at radius 3 is 2.72 bits per heavy atom. The molecule has 2 fully saturated rings. The van der Waals surface area contributed by atoms with Gasteiger partial charge in [0.25, 0.3) is 0 Å². The number of aliphatic hydroxyl groups excluding tert-OH is 1. The molecule has 1 saturated heterocycles. The molecule has 1 aliphatic heterocycles. The molecule has 18 heavy (non-hydrogen) atoms. The van der Waals surface area contributed by atoms with Crippen molar-refractivity contribution in [3.05, 3.63) is 0 Å². The summed E-state index contributed by atoms with van der Waals surface area (Å²) < 4.78 is 0.